The number of nitrogens with one attached hydrogen (secondary N) is 1. The Balaban J connectivity index is 1.61. The fourth-order valence-electron chi connectivity index (χ4n) is 2.53. The zero-order valence-corrected chi connectivity index (χ0v) is 12.5. The summed E-state index contributed by atoms with van der Waals surface area (Å²) in [6, 6.07) is 10.8. The van der Waals surface area contributed by atoms with E-state index in [1.54, 1.807) is 36.5 Å². The van der Waals surface area contributed by atoms with Gasteiger partial charge in [-0.2, -0.15) is 5.10 Å². The lowest BCUT2D eigenvalue weighted by Gasteiger charge is -1.99. The lowest BCUT2D eigenvalue weighted by atomic mass is 10.1. The molecule has 0 bridgehead atoms. The highest BCUT2D eigenvalue weighted by atomic mass is 35.5. The number of carbonyl (C=O) groups is 1. The summed E-state index contributed by atoms with van der Waals surface area (Å²) in [6.07, 6.45) is 6.11. The van der Waals surface area contributed by atoms with Crippen molar-refractivity contribution >= 4 is 17.4 Å². The number of benzene rings is 1. The molecule has 1 aliphatic carbocycles. The van der Waals surface area contributed by atoms with Gasteiger partial charge in [0, 0.05) is 46.2 Å². The van der Waals surface area contributed by atoms with Crippen molar-refractivity contribution in [3.63, 3.8) is 0 Å². The van der Waals surface area contributed by atoms with E-state index in [4.69, 9.17) is 11.6 Å². The Kier molecular flexibility index (Phi) is 3.12. The molecule has 22 heavy (non-hydrogen) atoms. The van der Waals surface area contributed by atoms with E-state index < -0.39 is 0 Å². The molecule has 2 aromatic heterocycles. The van der Waals surface area contributed by atoms with Crippen molar-refractivity contribution in [2.75, 3.05) is 0 Å². The molecule has 1 aromatic carbocycles. The van der Waals surface area contributed by atoms with Crippen LogP contribution in [0.15, 0.2) is 48.8 Å². The summed E-state index contributed by atoms with van der Waals surface area (Å²) < 4.78 is 1.86. The molecular formula is C17H14ClN3O. The standard InChI is InChI=1S/C17H14ClN3O/c18-14-3-1-2-12(8-14)17(22)13-6-7-21(10-13)16-9-15(19-20-16)11-4-5-11/h1-3,6-11H,4-5H2,(H,19,20). The Labute approximate surface area is 132 Å². The van der Waals surface area contributed by atoms with Crippen LogP contribution in [0.25, 0.3) is 5.82 Å². The van der Waals surface area contributed by atoms with Gasteiger partial charge in [0.05, 0.1) is 0 Å². The van der Waals surface area contributed by atoms with Crippen LogP contribution in [-0.4, -0.2) is 20.5 Å². The molecule has 0 aliphatic heterocycles. The van der Waals surface area contributed by atoms with Crippen LogP contribution in [0.3, 0.4) is 0 Å². The number of hydrogen-bond acceptors (Lipinski definition) is 2. The molecule has 0 spiro atoms. The first kappa shape index (κ1) is 13.3. The minimum absolute atomic E-state index is 0.0424. The van der Waals surface area contributed by atoms with Gasteiger partial charge in [0.1, 0.15) is 0 Å². The normalized spacial score (nSPS) is 14.2. The molecule has 1 saturated carbocycles. The van der Waals surface area contributed by atoms with E-state index in [0.29, 0.717) is 22.1 Å². The third-order valence-corrected chi connectivity index (χ3v) is 4.14. The van der Waals surface area contributed by atoms with Crippen LogP contribution in [0.4, 0.5) is 0 Å². The van der Waals surface area contributed by atoms with Crippen LogP contribution in [0.1, 0.15) is 40.4 Å². The molecule has 0 unspecified atom stereocenters. The number of carbonyl (C=O) groups excluding carboxylic acids is 1. The second kappa shape index (κ2) is 5.14. The maximum absolute atomic E-state index is 12.5. The van der Waals surface area contributed by atoms with Gasteiger partial charge >= 0.3 is 0 Å². The molecule has 2 heterocycles. The van der Waals surface area contributed by atoms with E-state index >= 15 is 0 Å². The molecule has 1 fully saturated rings. The highest BCUT2D eigenvalue weighted by Crippen LogP contribution is 2.39. The number of rotatable bonds is 4. The topological polar surface area (TPSA) is 50.7 Å². The molecule has 4 rings (SSSR count). The highest BCUT2D eigenvalue weighted by Gasteiger charge is 2.25. The molecular weight excluding hydrogens is 298 g/mol. The molecule has 4 nitrogen and oxygen atoms in total. The summed E-state index contributed by atoms with van der Waals surface area (Å²) in [5, 5.41) is 7.95. The first-order valence-electron chi connectivity index (χ1n) is 7.24. The lowest BCUT2D eigenvalue weighted by molar-refractivity contribution is 0.103. The summed E-state index contributed by atoms with van der Waals surface area (Å²) in [7, 11) is 0. The van der Waals surface area contributed by atoms with E-state index in [9.17, 15) is 4.79 Å². The van der Waals surface area contributed by atoms with Gasteiger partial charge in [-0.3, -0.25) is 9.89 Å². The van der Waals surface area contributed by atoms with Gasteiger partial charge in [-0.15, -0.1) is 0 Å². The Hall–Kier alpha value is -2.33. The lowest BCUT2D eigenvalue weighted by Crippen LogP contribution is -2.00. The van der Waals surface area contributed by atoms with Gasteiger partial charge in [-0.25, -0.2) is 0 Å². The third-order valence-electron chi connectivity index (χ3n) is 3.91. The van der Waals surface area contributed by atoms with E-state index in [2.05, 4.69) is 10.2 Å². The van der Waals surface area contributed by atoms with E-state index in [1.807, 2.05) is 16.8 Å². The number of aromatic amines is 1. The number of aromatic nitrogens is 3. The summed E-state index contributed by atoms with van der Waals surface area (Å²) in [5.41, 5.74) is 2.38. The quantitative estimate of drug-likeness (QED) is 0.741. The summed E-state index contributed by atoms with van der Waals surface area (Å²) in [5.74, 6) is 1.40. The van der Waals surface area contributed by atoms with Gasteiger partial charge in [-0.1, -0.05) is 23.7 Å². The SMILES string of the molecule is O=C(c1cccc(Cl)c1)c1ccn(-c2cc(C3CC3)[nH]n2)c1. The summed E-state index contributed by atoms with van der Waals surface area (Å²) in [6.45, 7) is 0. The third kappa shape index (κ3) is 2.46. The highest BCUT2D eigenvalue weighted by molar-refractivity contribution is 6.31. The minimum atomic E-state index is -0.0424. The number of halogens is 1. The van der Waals surface area contributed by atoms with Gasteiger partial charge in [-0.05, 0) is 31.0 Å². The van der Waals surface area contributed by atoms with Crippen LogP contribution in [-0.2, 0) is 0 Å². The number of H-pyrrole nitrogens is 1. The fourth-order valence-corrected chi connectivity index (χ4v) is 2.72. The predicted octanol–water partition coefficient (Wildman–Crippen LogP) is 3.96. The Morgan fingerprint density at radius 2 is 2.09 bits per heavy atom. The van der Waals surface area contributed by atoms with Gasteiger partial charge in [0.15, 0.2) is 11.6 Å². The van der Waals surface area contributed by atoms with Crippen molar-refractivity contribution < 1.29 is 4.79 Å². The number of nitrogens with zero attached hydrogens (tertiary/aromatic N) is 2. The van der Waals surface area contributed by atoms with E-state index in [-0.39, 0.29) is 5.78 Å². The molecule has 1 N–H and O–H groups in total. The molecule has 0 saturated heterocycles. The van der Waals surface area contributed by atoms with Crippen molar-refractivity contribution in [2.24, 2.45) is 0 Å². The Bertz CT molecular complexity index is 845. The Morgan fingerprint density at radius 1 is 1.23 bits per heavy atom. The van der Waals surface area contributed by atoms with Crippen molar-refractivity contribution in [1.82, 2.24) is 14.8 Å². The molecule has 5 heteroatoms. The van der Waals surface area contributed by atoms with E-state index in [1.165, 1.54) is 18.5 Å². The van der Waals surface area contributed by atoms with Crippen LogP contribution < -0.4 is 0 Å². The van der Waals surface area contributed by atoms with Crippen molar-refractivity contribution in [3.05, 3.63) is 70.6 Å². The molecule has 110 valence electrons. The average molecular weight is 312 g/mol. The number of ketones is 1. The zero-order chi connectivity index (χ0) is 15.1. The average Bonchev–Trinajstić information content (AvgIpc) is 3.06. The second-order valence-corrected chi connectivity index (χ2v) is 6.04. The van der Waals surface area contributed by atoms with Crippen molar-refractivity contribution in [2.45, 2.75) is 18.8 Å². The van der Waals surface area contributed by atoms with Crippen LogP contribution in [0.5, 0.6) is 0 Å². The van der Waals surface area contributed by atoms with Gasteiger partial charge < -0.3 is 4.57 Å². The maximum atomic E-state index is 12.5. The van der Waals surface area contributed by atoms with Gasteiger partial charge in [0.2, 0.25) is 0 Å². The second-order valence-electron chi connectivity index (χ2n) is 5.60. The summed E-state index contributed by atoms with van der Waals surface area (Å²) >= 11 is 5.94. The fraction of sp³-hybridized carbons (Fsp3) is 0.176. The maximum Gasteiger partial charge on any atom is 0.194 e. The van der Waals surface area contributed by atoms with Crippen LogP contribution in [0, 0.1) is 0 Å². The van der Waals surface area contributed by atoms with Crippen molar-refractivity contribution in [3.8, 4) is 5.82 Å². The van der Waals surface area contributed by atoms with Crippen LogP contribution >= 0.6 is 11.6 Å². The minimum Gasteiger partial charge on any atom is -0.306 e. The summed E-state index contributed by atoms with van der Waals surface area (Å²) in [4.78, 5) is 12.5. The Morgan fingerprint density at radius 3 is 2.86 bits per heavy atom. The van der Waals surface area contributed by atoms with E-state index in [0.717, 1.165) is 5.82 Å². The molecule has 0 atom stereocenters. The van der Waals surface area contributed by atoms with Crippen LogP contribution in [0.2, 0.25) is 5.02 Å². The molecule has 3 aromatic rings. The first-order chi connectivity index (χ1) is 10.7. The molecule has 1 aliphatic rings. The molecule has 0 radical (unpaired) electrons. The zero-order valence-electron chi connectivity index (χ0n) is 11.8. The predicted molar refractivity (Wildman–Crippen MR) is 84.8 cm³/mol. The molecule has 0 amide bonds. The first-order valence-corrected chi connectivity index (χ1v) is 7.62. The smallest absolute Gasteiger partial charge is 0.194 e. The number of hydrogen-bond donors (Lipinski definition) is 1. The largest absolute Gasteiger partial charge is 0.306 e. The van der Waals surface area contributed by atoms with Gasteiger partial charge in [0.25, 0.3) is 0 Å². The van der Waals surface area contributed by atoms with Crippen molar-refractivity contribution in [1.29, 1.82) is 0 Å². The monoisotopic (exact) mass is 311 g/mol.